The number of rotatable bonds is 7. The van der Waals surface area contributed by atoms with E-state index in [1.54, 1.807) is 18.2 Å². The highest BCUT2D eigenvalue weighted by atomic mass is 32.2. The number of amides is 1. The Morgan fingerprint density at radius 2 is 1.52 bits per heavy atom. The number of carbonyl (C=O) groups excluding carboxylic acids is 1. The van der Waals surface area contributed by atoms with Gasteiger partial charge >= 0.3 is 0 Å². The van der Waals surface area contributed by atoms with Gasteiger partial charge in [-0.3, -0.25) is 9.52 Å². The van der Waals surface area contributed by atoms with Gasteiger partial charge in [0.15, 0.2) is 0 Å². The van der Waals surface area contributed by atoms with Crippen LogP contribution < -0.4 is 10.0 Å². The Morgan fingerprint density at radius 3 is 2.04 bits per heavy atom. The molecule has 1 atom stereocenters. The van der Waals surface area contributed by atoms with Crippen LogP contribution >= 0.6 is 0 Å². The van der Waals surface area contributed by atoms with Gasteiger partial charge in [0.05, 0.1) is 12.3 Å². The second-order valence-corrected chi connectivity index (χ2v) is 9.22. The number of carbonyl (C=O) groups is 1. The van der Waals surface area contributed by atoms with E-state index in [9.17, 15) is 13.2 Å². The van der Waals surface area contributed by atoms with E-state index in [-0.39, 0.29) is 17.9 Å². The van der Waals surface area contributed by atoms with Crippen LogP contribution in [0.25, 0.3) is 0 Å². The van der Waals surface area contributed by atoms with Crippen LogP contribution in [0.15, 0.2) is 48.5 Å². The van der Waals surface area contributed by atoms with Gasteiger partial charge in [-0.2, -0.15) is 0 Å². The Bertz CT molecular complexity index is 888. The maximum absolute atomic E-state index is 12.7. The second-order valence-electron chi connectivity index (χ2n) is 7.47. The normalized spacial score (nSPS) is 12.9. The summed E-state index contributed by atoms with van der Waals surface area (Å²) in [5, 5.41) is 3.07. The summed E-state index contributed by atoms with van der Waals surface area (Å²) in [4.78, 5) is 12.7. The molecule has 5 nitrogen and oxygen atoms in total. The predicted octanol–water partition coefficient (Wildman–Crippen LogP) is 4.31. The number of hydrogen-bond acceptors (Lipinski definition) is 3. The lowest BCUT2D eigenvalue weighted by molar-refractivity contribution is 0.0925. The number of sulfonamides is 1. The molecule has 0 spiro atoms. The quantitative estimate of drug-likeness (QED) is 0.742. The molecule has 0 aromatic heterocycles. The zero-order chi connectivity index (χ0) is 20.2. The van der Waals surface area contributed by atoms with Crippen LogP contribution in [0, 0.1) is 5.92 Å². The Labute approximate surface area is 162 Å². The first-order valence-electron chi connectivity index (χ1n) is 9.05. The van der Waals surface area contributed by atoms with Crippen molar-refractivity contribution in [2.24, 2.45) is 5.92 Å². The van der Waals surface area contributed by atoms with Crippen LogP contribution in [0.4, 0.5) is 5.69 Å². The van der Waals surface area contributed by atoms with Crippen LogP contribution in [0.5, 0.6) is 0 Å². The third kappa shape index (κ3) is 6.10. The molecule has 0 aliphatic heterocycles. The fourth-order valence-electron chi connectivity index (χ4n) is 2.89. The minimum absolute atomic E-state index is 0.134. The number of anilines is 1. The van der Waals surface area contributed by atoms with Crippen LogP contribution in [0.3, 0.4) is 0 Å². The fraction of sp³-hybridized carbons (Fsp3) is 0.381. The lowest BCUT2D eigenvalue weighted by Crippen LogP contribution is -2.31. The van der Waals surface area contributed by atoms with Crippen molar-refractivity contribution in [1.82, 2.24) is 5.32 Å². The van der Waals surface area contributed by atoms with Gasteiger partial charge in [-0.1, -0.05) is 58.0 Å². The van der Waals surface area contributed by atoms with Crippen molar-refractivity contribution in [3.05, 3.63) is 65.2 Å². The molecule has 2 aromatic carbocycles. The van der Waals surface area contributed by atoms with Gasteiger partial charge in [0.1, 0.15) is 0 Å². The molecule has 0 radical (unpaired) electrons. The third-order valence-corrected chi connectivity index (χ3v) is 4.95. The summed E-state index contributed by atoms with van der Waals surface area (Å²) in [6.07, 6.45) is 1.08. The zero-order valence-corrected chi connectivity index (χ0v) is 17.3. The van der Waals surface area contributed by atoms with E-state index >= 15 is 0 Å². The molecule has 6 heteroatoms. The molecule has 27 heavy (non-hydrogen) atoms. The van der Waals surface area contributed by atoms with Gasteiger partial charge < -0.3 is 5.32 Å². The molecule has 0 saturated heterocycles. The summed E-state index contributed by atoms with van der Waals surface area (Å²) < 4.78 is 25.2. The standard InChI is InChI=1S/C21H28N2O3S/c1-14(2)16-9-11-17(12-10-16)20(15(3)4)22-21(24)18-7-6-8-19(13-18)23-27(5,25)26/h6-15,20,23H,1-5H3,(H,22,24). The van der Waals surface area contributed by atoms with Gasteiger partial charge in [0.2, 0.25) is 10.0 Å². The van der Waals surface area contributed by atoms with Crippen LogP contribution in [0.1, 0.15) is 61.1 Å². The van der Waals surface area contributed by atoms with E-state index in [1.165, 1.54) is 11.6 Å². The van der Waals surface area contributed by atoms with E-state index in [0.717, 1.165) is 11.8 Å². The molecule has 1 amide bonds. The van der Waals surface area contributed by atoms with Crippen LogP contribution in [-0.2, 0) is 10.0 Å². The summed E-state index contributed by atoms with van der Waals surface area (Å²) in [7, 11) is -3.39. The Balaban J connectivity index is 2.21. The molecule has 2 aromatic rings. The highest BCUT2D eigenvalue weighted by Gasteiger charge is 2.19. The second kappa shape index (κ2) is 8.57. The monoisotopic (exact) mass is 388 g/mol. The summed E-state index contributed by atoms with van der Waals surface area (Å²) in [5.74, 6) is 0.422. The van der Waals surface area contributed by atoms with Crippen molar-refractivity contribution < 1.29 is 13.2 Å². The lowest BCUT2D eigenvalue weighted by Gasteiger charge is -2.23. The molecule has 0 bridgehead atoms. The highest BCUT2D eigenvalue weighted by Crippen LogP contribution is 2.25. The average molecular weight is 389 g/mol. The molecule has 0 aliphatic rings. The molecule has 0 fully saturated rings. The van der Waals surface area contributed by atoms with Crippen LogP contribution in [0.2, 0.25) is 0 Å². The number of nitrogens with one attached hydrogen (secondary N) is 2. The van der Waals surface area contributed by atoms with Crippen molar-refractivity contribution in [3.8, 4) is 0 Å². The van der Waals surface area contributed by atoms with Gasteiger partial charge in [-0.05, 0) is 41.2 Å². The molecule has 2 rings (SSSR count). The summed E-state index contributed by atoms with van der Waals surface area (Å²) in [6.45, 7) is 8.41. The molecular weight excluding hydrogens is 360 g/mol. The topological polar surface area (TPSA) is 75.3 Å². The van der Waals surface area contributed by atoms with E-state index in [4.69, 9.17) is 0 Å². The smallest absolute Gasteiger partial charge is 0.251 e. The van der Waals surface area contributed by atoms with Gasteiger partial charge in [-0.25, -0.2) is 8.42 Å². The van der Waals surface area contributed by atoms with Gasteiger partial charge in [0, 0.05) is 11.3 Å². The zero-order valence-electron chi connectivity index (χ0n) is 16.5. The fourth-order valence-corrected chi connectivity index (χ4v) is 3.44. The number of hydrogen-bond donors (Lipinski definition) is 2. The van der Waals surface area contributed by atoms with E-state index in [2.05, 4.69) is 62.0 Å². The maximum atomic E-state index is 12.7. The Kier molecular flexibility index (Phi) is 6.65. The minimum atomic E-state index is -3.39. The molecule has 0 saturated carbocycles. The maximum Gasteiger partial charge on any atom is 0.251 e. The van der Waals surface area contributed by atoms with E-state index < -0.39 is 10.0 Å². The largest absolute Gasteiger partial charge is 0.345 e. The molecule has 0 aliphatic carbocycles. The Morgan fingerprint density at radius 1 is 0.926 bits per heavy atom. The first-order valence-corrected chi connectivity index (χ1v) is 10.9. The lowest BCUT2D eigenvalue weighted by atomic mass is 9.93. The SMILES string of the molecule is CC(C)c1ccc(C(NC(=O)c2cccc(NS(C)(=O)=O)c2)C(C)C)cc1. The van der Waals surface area contributed by atoms with Crippen molar-refractivity contribution in [3.63, 3.8) is 0 Å². The Hall–Kier alpha value is -2.34. The molecule has 0 heterocycles. The summed E-state index contributed by atoms with van der Waals surface area (Å²) in [5.41, 5.74) is 3.08. The molecule has 2 N–H and O–H groups in total. The molecular formula is C21H28N2O3S. The van der Waals surface area contributed by atoms with E-state index in [0.29, 0.717) is 17.2 Å². The summed E-state index contributed by atoms with van der Waals surface area (Å²) >= 11 is 0. The van der Waals surface area contributed by atoms with Gasteiger partial charge in [-0.15, -0.1) is 0 Å². The first kappa shape index (κ1) is 21.0. The average Bonchev–Trinajstić information content (AvgIpc) is 2.58. The first-order chi connectivity index (χ1) is 12.6. The summed E-state index contributed by atoms with van der Waals surface area (Å²) in [6, 6.07) is 14.6. The predicted molar refractivity (Wildman–Crippen MR) is 110 cm³/mol. The third-order valence-electron chi connectivity index (χ3n) is 4.34. The molecule has 146 valence electrons. The van der Waals surface area contributed by atoms with Crippen molar-refractivity contribution in [2.45, 2.75) is 39.7 Å². The van der Waals surface area contributed by atoms with Crippen molar-refractivity contribution in [2.75, 3.05) is 11.0 Å². The minimum Gasteiger partial charge on any atom is -0.345 e. The molecule has 1 unspecified atom stereocenters. The highest BCUT2D eigenvalue weighted by molar-refractivity contribution is 7.92. The number of benzene rings is 2. The van der Waals surface area contributed by atoms with Crippen molar-refractivity contribution in [1.29, 1.82) is 0 Å². The van der Waals surface area contributed by atoms with E-state index in [1.807, 2.05) is 0 Å². The van der Waals surface area contributed by atoms with Gasteiger partial charge in [0.25, 0.3) is 5.91 Å². The van der Waals surface area contributed by atoms with Crippen LogP contribution in [-0.4, -0.2) is 20.6 Å². The van der Waals surface area contributed by atoms with Crippen molar-refractivity contribution >= 4 is 21.6 Å².